The smallest absolute Gasteiger partial charge is 0.292 e. The van der Waals surface area contributed by atoms with Gasteiger partial charge in [0.2, 0.25) is 0 Å². The van der Waals surface area contributed by atoms with Crippen LogP contribution in [0, 0.1) is 16.0 Å². The molecule has 0 aliphatic heterocycles. The average Bonchev–Trinajstić information content (AvgIpc) is 2.41. The van der Waals surface area contributed by atoms with E-state index in [4.69, 9.17) is 5.73 Å². The highest BCUT2D eigenvalue weighted by Crippen LogP contribution is 2.27. The summed E-state index contributed by atoms with van der Waals surface area (Å²) in [6.45, 7) is 2.11. The standard InChI is InChI=1S/C14H19N3O3/c1-9-5-2-3-7-11(9)16-14(18)10-6-4-8-12(13(10)15)17(19)20/h4,6,8-9,11H,2-3,5,7,15H2,1H3,(H,16,18). The van der Waals surface area contributed by atoms with Crippen molar-refractivity contribution in [2.24, 2.45) is 5.92 Å². The number of hydrogen-bond donors (Lipinski definition) is 2. The van der Waals surface area contributed by atoms with Crippen LogP contribution in [0.1, 0.15) is 43.0 Å². The van der Waals surface area contributed by atoms with Crippen molar-refractivity contribution in [3.05, 3.63) is 33.9 Å². The number of anilines is 1. The molecule has 1 aromatic rings. The molecular formula is C14H19N3O3. The fraction of sp³-hybridized carbons (Fsp3) is 0.500. The highest BCUT2D eigenvalue weighted by atomic mass is 16.6. The lowest BCUT2D eigenvalue weighted by atomic mass is 9.86. The number of carbonyl (C=O) groups is 1. The number of nitrogens with two attached hydrogens (primary N) is 1. The Balaban J connectivity index is 2.17. The summed E-state index contributed by atoms with van der Waals surface area (Å²) in [6, 6.07) is 4.42. The number of carbonyl (C=O) groups excluding carboxylic acids is 1. The van der Waals surface area contributed by atoms with E-state index in [-0.39, 0.29) is 28.9 Å². The van der Waals surface area contributed by atoms with E-state index in [1.54, 1.807) is 0 Å². The summed E-state index contributed by atoms with van der Waals surface area (Å²) in [5.74, 6) is 0.0950. The van der Waals surface area contributed by atoms with Gasteiger partial charge in [0.15, 0.2) is 0 Å². The number of amides is 1. The van der Waals surface area contributed by atoms with Crippen molar-refractivity contribution >= 4 is 17.3 Å². The van der Waals surface area contributed by atoms with Crippen LogP contribution < -0.4 is 11.1 Å². The lowest BCUT2D eigenvalue weighted by Gasteiger charge is -2.29. The molecular weight excluding hydrogens is 258 g/mol. The third-order valence-corrected chi connectivity index (χ3v) is 3.95. The van der Waals surface area contributed by atoms with Crippen LogP contribution in [0.15, 0.2) is 18.2 Å². The summed E-state index contributed by atoms with van der Waals surface area (Å²) in [7, 11) is 0. The molecule has 0 spiro atoms. The zero-order chi connectivity index (χ0) is 14.7. The molecule has 1 aliphatic rings. The van der Waals surface area contributed by atoms with Crippen LogP contribution in [0.3, 0.4) is 0 Å². The zero-order valence-corrected chi connectivity index (χ0v) is 11.5. The second kappa shape index (κ2) is 5.90. The van der Waals surface area contributed by atoms with Gasteiger partial charge in [-0.1, -0.05) is 25.8 Å². The number of nitro groups is 1. The van der Waals surface area contributed by atoms with Crippen LogP contribution in [-0.2, 0) is 0 Å². The maximum absolute atomic E-state index is 12.2. The van der Waals surface area contributed by atoms with Gasteiger partial charge in [-0.25, -0.2) is 0 Å². The minimum absolute atomic E-state index is 0.0709. The Kier molecular flexibility index (Phi) is 4.22. The Labute approximate surface area is 117 Å². The van der Waals surface area contributed by atoms with Crippen molar-refractivity contribution in [3.63, 3.8) is 0 Å². The fourth-order valence-corrected chi connectivity index (χ4v) is 2.69. The molecule has 0 heterocycles. The molecule has 2 atom stereocenters. The van der Waals surface area contributed by atoms with Crippen LogP contribution in [-0.4, -0.2) is 16.9 Å². The first-order valence-electron chi connectivity index (χ1n) is 6.84. The molecule has 1 aromatic carbocycles. The normalized spacial score (nSPS) is 22.2. The van der Waals surface area contributed by atoms with Crippen LogP contribution in [0.4, 0.5) is 11.4 Å². The van der Waals surface area contributed by atoms with Crippen LogP contribution in [0.2, 0.25) is 0 Å². The minimum atomic E-state index is -0.574. The van der Waals surface area contributed by atoms with Crippen molar-refractivity contribution in [1.82, 2.24) is 5.32 Å². The molecule has 2 rings (SSSR count). The average molecular weight is 277 g/mol. The molecule has 1 fully saturated rings. The van der Waals surface area contributed by atoms with Gasteiger partial charge in [0, 0.05) is 12.1 Å². The Bertz CT molecular complexity index is 530. The fourth-order valence-electron chi connectivity index (χ4n) is 2.69. The molecule has 0 radical (unpaired) electrons. The van der Waals surface area contributed by atoms with Crippen LogP contribution >= 0.6 is 0 Å². The predicted molar refractivity (Wildman–Crippen MR) is 76.4 cm³/mol. The highest BCUT2D eigenvalue weighted by molar-refractivity contribution is 6.01. The third kappa shape index (κ3) is 2.89. The number of nitrogens with zero attached hydrogens (tertiary/aromatic N) is 1. The molecule has 1 aliphatic carbocycles. The number of nitrogens with one attached hydrogen (secondary N) is 1. The zero-order valence-electron chi connectivity index (χ0n) is 11.5. The van der Waals surface area contributed by atoms with E-state index in [9.17, 15) is 14.9 Å². The highest BCUT2D eigenvalue weighted by Gasteiger charge is 2.25. The first-order valence-corrected chi connectivity index (χ1v) is 6.84. The molecule has 6 nitrogen and oxygen atoms in total. The maximum Gasteiger partial charge on any atom is 0.292 e. The number of rotatable bonds is 3. The van der Waals surface area contributed by atoms with Crippen molar-refractivity contribution in [2.75, 3.05) is 5.73 Å². The second-order valence-electron chi connectivity index (χ2n) is 5.34. The van der Waals surface area contributed by atoms with Crippen molar-refractivity contribution in [3.8, 4) is 0 Å². The summed E-state index contributed by atoms with van der Waals surface area (Å²) in [5, 5.41) is 13.8. The summed E-state index contributed by atoms with van der Waals surface area (Å²) >= 11 is 0. The minimum Gasteiger partial charge on any atom is -0.393 e. The Hall–Kier alpha value is -2.11. The number of nitrogen functional groups attached to an aromatic ring is 1. The van der Waals surface area contributed by atoms with Crippen LogP contribution in [0.25, 0.3) is 0 Å². The van der Waals surface area contributed by atoms with Gasteiger partial charge in [0.1, 0.15) is 5.69 Å². The van der Waals surface area contributed by atoms with Gasteiger partial charge in [0.05, 0.1) is 10.5 Å². The van der Waals surface area contributed by atoms with E-state index in [1.165, 1.54) is 24.6 Å². The summed E-state index contributed by atoms with van der Waals surface area (Å²) in [6.07, 6.45) is 4.32. The molecule has 6 heteroatoms. The first kappa shape index (κ1) is 14.3. The topological polar surface area (TPSA) is 98.3 Å². The van der Waals surface area contributed by atoms with Gasteiger partial charge in [0.25, 0.3) is 11.6 Å². The Morgan fingerprint density at radius 1 is 1.40 bits per heavy atom. The molecule has 1 amide bonds. The van der Waals surface area contributed by atoms with Gasteiger partial charge >= 0.3 is 0 Å². The predicted octanol–water partition coefficient (Wildman–Crippen LogP) is 2.49. The van der Waals surface area contributed by atoms with E-state index < -0.39 is 4.92 Å². The summed E-state index contributed by atoms with van der Waals surface area (Å²) in [4.78, 5) is 22.5. The number of hydrogen-bond acceptors (Lipinski definition) is 4. The SMILES string of the molecule is CC1CCCCC1NC(=O)c1cccc([N+](=O)[O-])c1N. The molecule has 3 N–H and O–H groups in total. The van der Waals surface area contributed by atoms with Gasteiger partial charge in [-0.15, -0.1) is 0 Å². The lowest BCUT2D eigenvalue weighted by molar-refractivity contribution is -0.383. The molecule has 20 heavy (non-hydrogen) atoms. The largest absolute Gasteiger partial charge is 0.393 e. The third-order valence-electron chi connectivity index (χ3n) is 3.95. The summed E-state index contributed by atoms with van der Waals surface area (Å²) in [5.41, 5.74) is 5.60. The van der Waals surface area contributed by atoms with Gasteiger partial charge < -0.3 is 11.1 Å². The monoisotopic (exact) mass is 277 g/mol. The van der Waals surface area contributed by atoms with E-state index in [2.05, 4.69) is 12.2 Å². The Morgan fingerprint density at radius 2 is 2.10 bits per heavy atom. The number of para-hydroxylation sites is 1. The van der Waals surface area contributed by atoms with Crippen molar-refractivity contribution in [1.29, 1.82) is 0 Å². The van der Waals surface area contributed by atoms with Gasteiger partial charge in [-0.2, -0.15) is 0 Å². The quantitative estimate of drug-likeness (QED) is 0.503. The summed E-state index contributed by atoms with van der Waals surface area (Å²) < 4.78 is 0. The van der Waals surface area contributed by atoms with E-state index >= 15 is 0 Å². The van der Waals surface area contributed by atoms with E-state index in [0.29, 0.717) is 5.92 Å². The second-order valence-corrected chi connectivity index (χ2v) is 5.34. The number of nitro benzene ring substituents is 1. The Morgan fingerprint density at radius 3 is 2.75 bits per heavy atom. The van der Waals surface area contributed by atoms with E-state index in [1.807, 2.05) is 0 Å². The van der Waals surface area contributed by atoms with Crippen LogP contribution in [0.5, 0.6) is 0 Å². The van der Waals surface area contributed by atoms with Gasteiger partial charge in [-0.3, -0.25) is 14.9 Å². The first-order chi connectivity index (χ1) is 9.50. The maximum atomic E-state index is 12.2. The molecule has 0 aromatic heterocycles. The lowest BCUT2D eigenvalue weighted by Crippen LogP contribution is -2.41. The molecule has 0 bridgehead atoms. The van der Waals surface area contributed by atoms with E-state index in [0.717, 1.165) is 19.3 Å². The van der Waals surface area contributed by atoms with Crippen molar-refractivity contribution in [2.45, 2.75) is 38.6 Å². The molecule has 1 saturated carbocycles. The molecule has 2 unspecified atom stereocenters. The van der Waals surface area contributed by atoms with Crippen molar-refractivity contribution < 1.29 is 9.72 Å². The molecule has 0 saturated heterocycles. The number of benzene rings is 1. The van der Waals surface area contributed by atoms with Gasteiger partial charge in [-0.05, 0) is 24.8 Å². The molecule has 108 valence electrons.